The van der Waals surface area contributed by atoms with E-state index in [1.807, 2.05) is 0 Å². The van der Waals surface area contributed by atoms with E-state index in [1.54, 1.807) is 23.1 Å². The van der Waals surface area contributed by atoms with Crippen LogP contribution in [-0.4, -0.2) is 43.6 Å². The van der Waals surface area contributed by atoms with E-state index in [4.69, 9.17) is 32.7 Å². The molecule has 120 valence electrons. The second kappa shape index (κ2) is 7.70. The van der Waals surface area contributed by atoms with Crippen LogP contribution in [0.25, 0.3) is 0 Å². The van der Waals surface area contributed by atoms with Crippen LogP contribution in [0.5, 0.6) is 5.75 Å². The molecule has 5 nitrogen and oxygen atoms in total. The van der Waals surface area contributed by atoms with Crippen molar-refractivity contribution < 1.29 is 19.1 Å². The Kier molecular flexibility index (Phi) is 5.91. The van der Waals surface area contributed by atoms with E-state index in [9.17, 15) is 9.59 Å². The number of likely N-dealkylation sites (tertiary alicyclic amines) is 1. The second-order valence-corrected chi connectivity index (χ2v) is 5.86. The summed E-state index contributed by atoms with van der Waals surface area (Å²) >= 11 is 11.7. The first kappa shape index (κ1) is 16.9. The predicted octanol–water partition coefficient (Wildman–Crippen LogP) is 2.78. The van der Waals surface area contributed by atoms with Gasteiger partial charge in [0.2, 0.25) is 0 Å². The zero-order valence-corrected chi connectivity index (χ0v) is 13.7. The number of esters is 1. The normalized spacial score (nSPS) is 15.5. The SMILES string of the molecule is COC(=O)C1CCN(C(=O)COc2ccc(Cl)c(Cl)c2)CC1. The van der Waals surface area contributed by atoms with Gasteiger partial charge in [0.05, 0.1) is 23.1 Å². The maximum Gasteiger partial charge on any atom is 0.308 e. The first-order valence-electron chi connectivity index (χ1n) is 6.94. The number of rotatable bonds is 4. The standard InChI is InChI=1S/C15H17Cl2NO4/c1-21-15(20)10-4-6-18(7-5-10)14(19)9-22-11-2-3-12(16)13(17)8-11/h2-3,8,10H,4-7,9H2,1H3. The Bertz CT molecular complexity index is 556. The van der Waals surface area contributed by atoms with Crippen molar-refractivity contribution in [2.24, 2.45) is 5.92 Å². The summed E-state index contributed by atoms with van der Waals surface area (Å²) in [6, 6.07) is 4.84. The van der Waals surface area contributed by atoms with E-state index in [0.717, 1.165) is 0 Å². The number of halogens is 2. The summed E-state index contributed by atoms with van der Waals surface area (Å²) in [6.07, 6.45) is 1.23. The second-order valence-electron chi connectivity index (χ2n) is 5.04. The van der Waals surface area contributed by atoms with Crippen molar-refractivity contribution in [3.05, 3.63) is 28.2 Å². The molecule has 1 fully saturated rings. The van der Waals surface area contributed by atoms with Crippen molar-refractivity contribution >= 4 is 35.1 Å². The van der Waals surface area contributed by atoms with Gasteiger partial charge in [-0.15, -0.1) is 0 Å². The van der Waals surface area contributed by atoms with Crippen LogP contribution in [0.3, 0.4) is 0 Å². The number of carbonyl (C=O) groups excluding carboxylic acids is 2. The van der Waals surface area contributed by atoms with Crippen molar-refractivity contribution in [2.45, 2.75) is 12.8 Å². The number of ether oxygens (including phenoxy) is 2. The smallest absolute Gasteiger partial charge is 0.308 e. The van der Waals surface area contributed by atoms with Crippen molar-refractivity contribution in [1.82, 2.24) is 4.90 Å². The monoisotopic (exact) mass is 345 g/mol. The molecule has 1 aromatic carbocycles. The fourth-order valence-corrected chi connectivity index (χ4v) is 2.62. The van der Waals surface area contributed by atoms with Crippen molar-refractivity contribution in [3.8, 4) is 5.75 Å². The van der Waals surface area contributed by atoms with Gasteiger partial charge in [-0.2, -0.15) is 0 Å². The van der Waals surface area contributed by atoms with Gasteiger partial charge in [0.1, 0.15) is 5.75 Å². The lowest BCUT2D eigenvalue weighted by Gasteiger charge is -2.30. The van der Waals surface area contributed by atoms with Crippen molar-refractivity contribution in [2.75, 3.05) is 26.8 Å². The Balaban J connectivity index is 1.81. The summed E-state index contributed by atoms with van der Waals surface area (Å²) in [5.74, 6) is 0.0470. The summed E-state index contributed by atoms with van der Waals surface area (Å²) < 4.78 is 10.1. The number of hydrogen-bond acceptors (Lipinski definition) is 4. The lowest BCUT2D eigenvalue weighted by Crippen LogP contribution is -2.42. The van der Waals surface area contributed by atoms with Crippen LogP contribution in [0.1, 0.15) is 12.8 Å². The zero-order valence-electron chi connectivity index (χ0n) is 12.2. The molecule has 0 aromatic heterocycles. The zero-order chi connectivity index (χ0) is 16.1. The first-order valence-corrected chi connectivity index (χ1v) is 7.70. The van der Waals surface area contributed by atoms with Crippen LogP contribution in [0.4, 0.5) is 0 Å². The highest BCUT2D eigenvalue weighted by molar-refractivity contribution is 6.42. The first-order chi connectivity index (χ1) is 10.5. The van der Waals surface area contributed by atoms with E-state index in [0.29, 0.717) is 41.7 Å². The van der Waals surface area contributed by atoms with Gasteiger partial charge in [0.15, 0.2) is 6.61 Å². The number of amides is 1. The minimum Gasteiger partial charge on any atom is -0.484 e. The molecule has 2 rings (SSSR count). The highest BCUT2D eigenvalue weighted by Gasteiger charge is 2.27. The van der Waals surface area contributed by atoms with E-state index in [-0.39, 0.29) is 24.4 Å². The van der Waals surface area contributed by atoms with Gasteiger partial charge in [0.25, 0.3) is 5.91 Å². The third kappa shape index (κ3) is 4.27. The Hall–Kier alpha value is -1.46. The van der Waals surface area contributed by atoms with Gasteiger partial charge in [-0.1, -0.05) is 23.2 Å². The summed E-state index contributed by atoms with van der Waals surface area (Å²) in [5.41, 5.74) is 0. The van der Waals surface area contributed by atoms with Gasteiger partial charge in [0, 0.05) is 19.2 Å². The van der Waals surface area contributed by atoms with Crippen LogP contribution in [0.2, 0.25) is 10.0 Å². The third-order valence-corrected chi connectivity index (χ3v) is 4.37. The molecule has 1 amide bonds. The summed E-state index contributed by atoms with van der Waals surface area (Å²) in [6.45, 7) is 0.994. The highest BCUT2D eigenvalue weighted by Crippen LogP contribution is 2.26. The van der Waals surface area contributed by atoms with Gasteiger partial charge >= 0.3 is 5.97 Å². The Morgan fingerprint density at radius 2 is 1.91 bits per heavy atom. The van der Waals surface area contributed by atoms with Crippen molar-refractivity contribution in [1.29, 1.82) is 0 Å². The van der Waals surface area contributed by atoms with Gasteiger partial charge in [-0.05, 0) is 25.0 Å². The molecule has 0 radical (unpaired) electrons. The van der Waals surface area contributed by atoms with Gasteiger partial charge < -0.3 is 14.4 Å². The fourth-order valence-electron chi connectivity index (χ4n) is 2.33. The largest absolute Gasteiger partial charge is 0.484 e. The van der Waals surface area contributed by atoms with Gasteiger partial charge in [-0.25, -0.2) is 0 Å². The van der Waals surface area contributed by atoms with E-state index in [1.165, 1.54) is 7.11 Å². The predicted molar refractivity (Wildman–Crippen MR) is 83.3 cm³/mol. The molecule has 7 heteroatoms. The van der Waals surface area contributed by atoms with Crippen LogP contribution >= 0.6 is 23.2 Å². The summed E-state index contributed by atoms with van der Waals surface area (Å²) in [5, 5.41) is 0.815. The molecule has 1 aromatic rings. The highest BCUT2D eigenvalue weighted by atomic mass is 35.5. The van der Waals surface area contributed by atoms with Crippen LogP contribution in [-0.2, 0) is 14.3 Å². The fraction of sp³-hybridized carbons (Fsp3) is 0.467. The Labute approximate surface area is 139 Å². The van der Waals surface area contributed by atoms with E-state index in [2.05, 4.69) is 0 Å². The van der Waals surface area contributed by atoms with Crippen LogP contribution < -0.4 is 4.74 Å². The van der Waals surface area contributed by atoms with Crippen LogP contribution in [0, 0.1) is 5.92 Å². The van der Waals surface area contributed by atoms with Gasteiger partial charge in [-0.3, -0.25) is 9.59 Å². The summed E-state index contributed by atoms with van der Waals surface area (Å²) in [4.78, 5) is 25.2. The molecular weight excluding hydrogens is 329 g/mol. The van der Waals surface area contributed by atoms with E-state index >= 15 is 0 Å². The third-order valence-electron chi connectivity index (χ3n) is 3.64. The molecule has 0 N–H and O–H groups in total. The van der Waals surface area contributed by atoms with Crippen LogP contribution in [0.15, 0.2) is 18.2 Å². The number of piperidine rings is 1. The molecule has 1 aliphatic heterocycles. The minimum atomic E-state index is -0.209. The summed E-state index contributed by atoms with van der Waals surface area (Å²) in [7, 11) is 1.38. The number of benzene rings is 1. The maximum absolute atomic E-state index is 12.1. The molecule has 0 bridgehead atoms. The molecule has 0 aliphatic carbocycles. The molecule has 22 heavy (non-hydrogen) atoms. The average Bonchev–Trinajstić information content (AvgIpc) is 2.55. The molecule has 0 saturated carbocycles. The lowest BCUT2D eigenvalue weighted by molar-refractivity contribution is -0.149. The van der Waals surface area contributed by atoms with E-state index < -0.39 is 0 Å². The molecular formula is C15H17Cl2NO4. The maximum atomic E-state index is 12.1. The lowest BCUT2D eigenvalue weighted by atomic mass is 9.97. The molecule has 0 atom stereocenters. The quantitative estimate of drug-likeness (QED) is 0.787. The minimum absolute atomic E-state index is 0.0686. The molecule has 0 spiro atoms. The molecule has 1 heterocycles. The average molecular weight is 346 g/mol. The topological polar surface area (TPSA) is 55.8 Å². The molecule has 1 aliphatic rings. The number of nitrogens with zero attached hydrogens (tertiary/aromatic N) is 1. The molecule has 0 unspecified atom stereocenters. The number of hydrogen-bond donors (Lipinski definition) is 0. The van der Waals surface area contributed by atoms with Crippen molar-refractivity contribution in [3.63, 3.8) is 0 Å². The number of carbonyl (C=O) groups is 2. The molecule has 1 saturated heterocycles. The number of methoxy groups -OCH3 is 1. The Morgan fingerprint density at radius 1 is 1.23 bits per heavy atom. The Morgan fingerprint density at radius 3 is 2.50 bits per heavy atom.